The molecule has 4 aromatic rings. The number of hydrogen-bond donors (Lipinski definition) is 2. The minimum absolute atomic E-state index is 0.268. The number of benzene rings is 2. The summed E-state index contributed by atoms with van der Waals surface area (Å²) in [6.45, 7) is 3.95. The van der Waals surface area contributed by atoms with Crippen molar-refractivity contribution in [2.75, 3.05) is 42.8 Å². The van der Waals surface area contributed by atoms with Gasteiger partial charge in [0.25, 0.3) is 5.91 Å². The summed E-state index contributed by atoms with van der Waals surface area (Å²) < 4.78 is 12.4. The number of rotatable bonds is 8. The third kappa shape index (κ3) is 5.39. The van der Waals surface area contributed by atoms with Gasteiger partial charge in [0.2, 0.25) is 0 Å². The Bertz CT molecular complexity index is 1440. The molecule has 10 nitrogen and oxygen atoms in total. The first-order chi connectivity index (χ1) is 18.4. The molecule has 3 heterocycles. The van der Waals surface area contributed by atoms with E-state index in [1.165, 1.54) is 12.8 Å². The number of nitrogens with one attached hydrogen (secondary N) is 2. The molecule has 1 saturated heterocycles. The number of aromatic nitrogens is 4. The first-order valence-corrected chi connectivity index (χ1v) is 12.5. The molecule has 0 unspecified atom stereocenters. The lowest BCUT2D eigenvalue weighted by Gasteiger charge is -2.18. The monoisotopic (exact) mass is 513 g/mol. The van der Waals surface area contributed by atoms with E-state index in [1.54, 1.807) is 32.0 Å². The maximum absolute atomic E-state index is 13.1. The van der Waals surface area contributed by atoms with Crippen molar-refractivity contribution in [3.05, 3.63) is 66.1 Å². The van der Waals surface area contributed by atoms with Crippen molar-refractivity contribution in [2.45, 2.75) is 19.8 Å². The largest absolute Gasteiger partial charge is 0.497 e. The second-order valence-corrected chi connectivity index (χ2v) is 9.11. The Balaban J connectivity index is 1.28. The molecule has 0 spiro atoms. The third-order valence-electron chi connectivity index (χ3n) is 6.46. The summed E-state index contributed by atoms with van der Waals surface area (Å²) >= 11 is 0. The van der Waals surface area contributed by atoms with Crippen molar-refractivity contribution in [2.24, 2.45) is 7.05 Å². The molecule has 1 aliphatic heterocycles. The Morgan fingerprint density at radius 2 is 1.66 bits per heavy atom. The molecule has 196 valence electrons. The normalized spacial score (nSPS) is 12.9. The lowest BCUT2D eigenvalue weighted by Crippen LogP contribution is -2.19. The van der Waals surface area contributed by atoms with Gasteiger partial charge in [0, 0.05) is 43.1 Å². The van der Waals surface area contributed by atoms with Crippen LogP contribution in [0.1, 0.15) is 29.2 Å². The van der Waals surface area contributed by atoms with Crippen molar-refractivity contribution >= 4 is 28.9 Å². The lowest BCUT2D eigenvalue weighted by molar-refractivity contribution is 0.101. The van der Waals surface area contributed by atoms with Crippen molar-refractivity contribution in [1.82, 2.24) is 19.7 Å². The Morgan fingerprint density at radius 3 is 2.37 bits per heavy atom. The van der Waals surface area contributed by atoms with Gasteiger partial charge >= 0.3 is 0 Å². The molecule has 2 aromatic carbocycles. The predicted molar refractivity (Wildman–Crippen MR) is 148 cm³/mol. The number of ether oxygens (including phenoxy) is 2. The zero-order chi connectivity index (χ0) is 26.6. The number of anilines is 4. The Kier molecular flexibility index (Phi) is 7.12. The maximum atomic E-state index is 13.1. The van der Waals surface area contributed by atoms with Crippen LogP contribution >= 0.6 is 0 Å². The van der Waals surface area contributed by atoms with E-state index in [2.05, 4.69) is 30.6 Å². The van der Waals surface area contributed by atoms with Gasteiger partial charge in [0.15, 0.2) is 0 Å². The van der Waals surface area contributed by atoms with Crippen molar-refractivity contribution < 1.29 is 14.3 Å². The van der Waals surface area contributed by atoms with Gasteiger partial charge in [-0.15, -0.1) is 0 Å². The fourth-order valence-corrected chi connectivity index (χ4v) is 4.53. The van der Waals surface area contributed by atoms with Gasteiger partial charge < -0.3 is 25.0 Å². The number of aryl methyl sites for hydroxylation is 2. The molecule has 1 aliphatic rings. The first-order valence-electron chi connectivity index (χ1n) is 12.5. The number of nitrogens with zero attached hydrogens (tertiary/aromatic N) is 5. The number of hydrogen-bond acceptors (Lipinski definition) is 8. The molecule has 1 fully saturated rings. The van der Waals surface area contributed by atoms with Crippen LogP contribution in [0.2, 0.25) is 0 Å². The van der Waals surface area contributed by atoms with Crippen LogP contribution in [-0.4, -0.2) is 53.0 Å². The zero-order valence-corrected chi connectivity index (χ0v) is 22.0. The summed E-state index contributed by atoms with van der Waals surface area (Å²) in [5, 5.41) is 10.8. The minimum Gasteiger partial charge on any atom is -0.497 e. The second-order valence-electron chi connectivity index (χ2n) is 9.11. The molecule has 38 heavy (non-hydrogen) atoms. The zero-order valence-electron chi connectivity index (χ0n) is 22.0. The van der Waals surface area contributed by atoms with Crippen LogP contribution in [0.5, 0.6) is 11.5 Å². The lowest BCUT2D eigenvalue weighted by atomic mass is 10.1. The average Bonchev–Trinajstić information content (AvgIpc) is 3.59. The minimum atomic E-state index is -0.268. The molecule has 0 radical (unpaired) electrons. The third-order valence-corrected chi connectivity index (χ3v) is 6.46. The van der Waals surface area contributed by atoms with E-state index in [0.717, 1.165) is 41.8 Å². The smallest absolute Gasteiger partial charge is 0.273 e. The molecular formula is C28H31N7O3. The number of amides is 1. The fourth-order valence-electron chi connectivity index (χ4n) is 4.53. The van der Waals surface area contributed by atoms with E-state index in [1.807, 2.05) is 55.5 Å². The van der Waals surface area contributed by atoms with Gasteiger partial charge in [-0.3, -0.25) is 9.48 Å². The second kappa shape index (κ2) is 10.8. The first kappa shape index (κ1) is 25.1. The molecule has 10 heteroatoms. The summed E-state index contributed by atoms with van der Waals surface area (Å²) in [4.78, 5) is 24.5. The van der Waals surface area contributed by atoms with Gasteiger partial charge in [-0.25, -0.2) is 9.97 Å². The average molecular weight is 514 g/mol. The van der Waals surface area contributed by atoms with Crippen molar-refractivity contribution in [1.29, 1.82) is 0 Å². The molecule has 0 bridgehead atoms. The Morgan fingerprint density at radius 1 is 0.921 bits per heavy atom. The highest BCUT2D eigenvalue weighted by atomic mass is 16.5. The molecule has 0 atom stereocenters. The van der Waals surface area contributed by atoms with Crippen LogP contribution in [0.15, 0.2) is 54.6 Å². The standard InChI is InChI=1S/C28H31N7O3/c1-18-29-26(17-27(30-18)35-13-5-6-14-35)31-19-7-9-20(10-8-19)32-28(36)24-16-23(33-34(24)2)22-15-21(37-3)11-12-25(22)38-4/h7-12,15-17H,5-6,13-14H2,1-4H3,(H,32,36)(H,29,30,31). The highest BCUT2D eigenvalue weighted by Gasteiger charge is 2.18. The number of carbonyl (C=O) groups excluding carboxylic acids is 1. The van der Waals surface area contributed by atoms with Crippen molar-refractivity contribution in [3.63, 3.8) is 0 Å². The maximum Gasteiger partial charge on any atom is 0.273 e. The Hall–Kier alpha value is -4.60. The van der Waals surface area contributed by atoms with Crippen LogP contribution < -0.4 is 25.0 Å². The van der Waals surface area contributed by atoms with Crippen LogP contribution in [-0.2, 0) is 7.05 Å². The van der Waals surface area contributed by atoms with E-state index in [-0.39, 0.29) is 5.91 Å². The Labute approximate surface area is 221 Å². The highest BCUT2D eigenvalue weighted by molar-refractivity contribution is 6.03. The van der Waals surface area contributed by atoms with E-state index in [0.29, 0.717) is 28.6 Å². The summed E-state index contributed by atoms with van der Waals surface area (Å²) in [7, 11) is 4.93. The van der Waals surface area contributed by atoms with Crippen LogP contribution in [0.25, 0.3) is 11.3 Å². The molecule has 0 saturated carbocycles. The van der Waals surface area contributed by atoms with Gasteiger partial charge in [0.05, 0.1) is 19.9 Å². The van der Waals surface area contributed by atoms with Gasteiger partial charge in [-0.05, 0) is 68.3 Å². The predicted octanol–water partition coefficient (Wildman–Crippen LogP) is 4.80. The highest BCUT2D eigenvalue weighted by Crippen LogP contribution is 2.33. The molecule has 0 aliphatic carbocycles. The van der Waals surface area contributed by atoms with Crippen LogP contribution in [0.4, 0.5) is 23.0 Å². The summed E-state index contributed by atoms with van der Waals surface area (Å²) in [5.41, 5.74) is 3.30. The summed E-state index contributed by atoms with van der Waals surface area (Å²) in [6.07, 6.45) is 2.38. The van der Waals surface area contributed by atoms with Gasteiger partial charge in [-0.2, -0.15) is 5.10 Å². The van der Waals surface area contributed by atoms with Crippen molar-refractivity contribution in [3.8, 4) is 22.8 Å². The van der Waals surface area contributed by atoms with Crippen LogP contribution in [0, 0.1) is 6.92 Å². The van der Waals surface area contributed by atoms with Crippen LogP contribution in [0.3, 0.4) is 0 Å². The molecule has 1 amide bonds. The summed E-state index contributed by atoms with van der Waals surface area (Å²) in [6, 6.07) is 16.7. The molecule has 5 rings (SSSR count). The SMILES string of the molecule is COc1ccc(OC)c(-c2cc(C(=O)Nc3ccc(Nc4cc(N5CCCC5)nc(C)n4)cc3)n(C)n2)c1. The molecule has 2 N–H and O–H groups in total. The van der Waals surface area contributed by atoms with Gasteiger partial charge in [-0.1, -0.05) is 0 Å². The summed E-state index contributed by atoms with van der Waals surface area (Å²) in [5.74, 6) is 3.47. The van der Waals surface area contributed by atoms with E-state index >= 15 is 0 Å². The quantitative estimate of drug-likeness (QED) is 0.346. The van der Waals surface area contributed by atoms with Gasteiger partial charge in [0.1, 0.15) is 34.7 Å². The number of carbonyl (C=O) groups is 1. The van der Waals surface area contributed by atoms with E-state index < -0.39 is 0 Å². The number of methoxy groups -OCH3 is 2. The molecular weight excluding hydrogens is 482 g/mol. The topological polar surface area (TPSA) is 106 Å². The fraction of sp³-hybridized carbons (Fsp3) is 0.286. The molecule has 2 aromatic heterocycles. The van der Waals surface area contributed by atoms with E-state index in [9.17, 15) is 4.79 Å². The van der Waals surface area contributed by atoms with E-state index in [4.69, 9.17) is 9.47 Å².